The minimum absolute atomic E-state index is 0.0914. The van der Waals surface area contributed by atoms with E-state index in [1.807, 2.05) is 0 Å². The third kappa shape index (κ3) is 28.0. The Kier molecular flexibility index (Phi) is 24.6. The van der Waals surface area contributed by atoms with Gasteiger partial charge < -0.3 is 19.7 Å². The van der Waals surface area contributed by atoms with Crippen LogP contribution in [0, 0.1) is 0 Å². The van der Waals surface area contributed by atoms with E-state index < -0.39 is 10.4 Å². The monoisotopic (exact) mass is 427 g/mol. The van der Waals surface area contributed by atoms with E-state index in [0.717, 1.165) is 19.6 Å². The number of hydrogen-bond acceptors (Lipinski definition) is 6. The number of hydrogen-bond donors (Lipinski definition) is 3. The zero-order chi connectivity index (χ0) is 21.5. The molecule has 0 amide bonds. The topological polar surface area (TPSA) is 111 Å². The second-order valence-electron chi connectivity index (χ2n) is 7.15. The number of rotatable bonds is 19. The SMILES string of the molecule is CCCCCCCCCCCCCC[NH+](CCO)CCO.CCOS(=O)(=O)[O-]. The van der Waals surface area contributed by atoms with E-state index in [0.29, 0.717) is 0 Å². The highest BCUT2D eigenvalue weighted by Gasteiger charge is 2.05. The molecule has 0 rings (SSSR count). The molecule has 0 fully saturated rings. The van der Waals surface area contributed by atoms with Gasteiger partial charge in [-0.3, -0.25) is 4.18 Å². The molecule has 0 aromatic rings. The fourth-order valence-corrected chi connectivity index (χ4v) is 3.34. The van der Waals surface area contributed by atoms with Crippen LogP contribution in [0.15, 0.2) is 0 Å². The van der Waals surface area contributed by atoms with Gasteiger partial charge in [-0.1, -0.05) is 71.1 Å². The van der Waals surface area contributed by atoms with Crippen LogP contribution in [0.4, 0.5) is 0 Å². The minimum atomic E-state index is -4.42. The Morgan fingerprint density at radius 1 is 0.714 bits per heavy atom. The summed E-state index contributed by atoms with van der Waals surface area (Å²) in [5, 5.41) is 17.9. The van der Waals surface area contributed by atoms with Crippen LogP contribution in [0.3, 0.4) is 0 Å². The first-order chi connectivity index (χ1) is 13.4. The number of quaternary nitrogens is 1. The van der Waals surface area contributed by atoms with Gasteiger partial charge in [0.05, 0.1) is 26.4 Å². The summed E-state index contributed by atoms with van der Waals surface area (Å²) in [5.41, 5.74) is 0. The van der Waals surface area contributed by atoms with Gasteiger partial charge in [0, 0.05) is 0 Å². The minimum Gasteiger partial charge on any atom is -0.726 e. The van der Waals surface area contributed by atoms with Crippen molar-refractivity contribution in [2.45, 2.75) is 90.9 Å². The highest BCUT2D eigenvalue weighted by atomic mass is 32.3. The number of aliphatic hydroxyl groups is 2. The molecular formula is C20H45NO6S. The summed E-state index contributed by atoms with van der Waals surface area (Å²) >= 11 is 0. The van der Waals surface area contributed by atoms with Gasteiger partial charge >= 0.3 is 0 Å². The van der Waals surface area contributed by atoms with Gasteiger partial charge in [0.2, 0.25) is 10.4 Å². The molecule has 0 aliphatic carbocycles. The summed E-state index contributed by atoms with van der Waals surface area (Å²) in [6, 6.07) is 0. The molecule has 0 unspecified atom stereocenters. The molecule has 0 saturated carbocycles. The lowest BCUT2D eigenvalue weighted by atomic mass is 10.1. The van der Waals surface area contributed by atoms with Crippen LogP contribution in [0.2, 0.25) is 0 Å². The molecule has 0 bridgehead atoms. The maximum atomic E-state index is 9.45. The molecule has 0 aliphatic rings. The predicted octanol–water partition coefficient (Wildman–Crippen LogP) is 2.04. The van der Waals surface area contributed by atoms with E-state index in [2.05, 4.69) is 11.1 Å². The molecular weight excluding hydrogens is 382 g/mol. The van der Waals surface area contributed by atoms with E-state index >= 15 is 0 Å². The smallest absolute Gasteiger partial charge is 0.217 e. The van der Waals surface area contributed by atoms with Gasteiger partial charge in [-0.2, -0.15) is 0 Å². The average molecular weight is 428 g/mol. The lowest BCUT2D eigenvalue weighted by Crippen LogP contribution is -3.13. The predicted molar refractivity (Wildman–Crippen MR) is 112 cm³/mol. The third-order valence-electron chi connectivity index (χ3n) is 4.58. The molecule has 0 aromatic heterocycles. The summed E-state index contributed by atoms with van der Waals surface area (Å²) in [6.45, 7) is 6.71. The molecule has 28 heavy (non-hydrogen) atoms. The van der Waals surface area contributed by atoms with Crippen molar-refractivity contribution in [2.24, 2.45) is 0 Å². The van der Waals surface area contributed by atoms with Gasteiger partial charge in [-0.15, -0.1) is 0 Å². The first kappa shape index (κ1) is 29.9. The van der Waals surface area contributed by atoms with Crippen LogP contribution in [-0.2, 0) is 14.6 Å². The summed E-state index contributed by atoms with van der Waals surface area (Å²) < 4.78 is 32.0. The lowest BCUT2D eigenvalue weighted by Gasteiger charge is -2.17. The van der Waals surface area contributed by atoms with Crippen molar-refractivity contribution in [1.29, 1.82) is 0 Å². The second-order valence-corrected chi connectivity index (χ2v) is 8.20. The van der Waals surface area contributed by atoms with E-state index in [4.69, 9.17) is 10.2 Å². The molecule has 0 radical (unpaired) electrons. The van der Waals surface area contributed by atoms with Gasteiger partial charge in [0.25, 0.3) is 0 Å². The Morgan fingerprint density at radius 2 is 1.11 bits per heavy atom. The number of unbranched alkanes of at least 4 members (excludes halogenated alkanes) is 11. The van der Waals surface area contributed by atoms with Crippen LogP contribution >= 0.6 is 0 Å². The van der Waals surface area contributed by atoms with E-state index in [1.165, 1.54) is 88.9 Å². The number of aliphatic hydroxyl groups excluding tert-OH is 2. The van der Waals surface area contributed by atoms with Gasteiger partial charge in [0.15, 0.2) is 0 Å². The fraction of sp³-hybridized carbons (Fsp3) is 1.00. The van der Waals surface area contributed by atoms with Gasteiger partial charge in [0.1, 0.15) is 13.1 Å². The molecule has 0 saturated heterocycles. The zero-order valence-electron chi connectivity index (χ0n) is 18.2. The standard InChI is InChI=1S/C18H39NO2.C2H6O4S/c1-2-3-4-5-6-7-8-9-10-11-12-13-14-19(15-17-20)16-18-21;1-2-6-7(3,4)5/h20-21H,2-18H2,1H3;2H2,1H3,(H,3,4,5). The molecule has 7 nitrogen and oxygen atoms in total. The van der Waals surface area contributed by atoms with E-state index in [-0.39, 0.29) is 19.8 Å². The Hall–Kier alpha value is -0.250. The van der Waals surface area contributed by atoms with E-state index in [1.54, 1.807) is 0 Å². The first-order valence-electron chi connectivity index (χ1n) is 11.1. The van der Waals surface area contributed by atoms with Crippen molar-refractivity contribution in [1.82, 2.24) is 0 Å². The normalized spacial score (nSPS) is 11.5. The van der Waals surface area contributed by atoms with Crippen molar-refractivity contribution in [2.75, 3.05) is 39.5 Å². The Morgan fingerprint density at radius 3 is 1.39 bits per heavy atom. The quantitative estimate of drug-likeness (QED) is 0.165. The molecule has 0 atom stereocenters. The summed E-state index contributed by atoms with van der Waals surface area (Å²) in [4.78, 5) is 1.34. The van der Waals surface area contributed by atoms with Gasteiger partial charge in [-0.25, -0.2) is 8.42 Å². The summed E-state index contributed by atoms with van der Waals surface area (Å²) in [7, 11) is -4.42. The highest BCUT2D eigenvalue weighted by Crippen LogP contribution is 2.11. The second kappa shape index (κ2) is 23.0. The lowest BCUT2D eigenvalue weighted by molar-refractivity contribution is -0.901. The first-order valence-corrected chi connectivity index (χ1v) is 12.4. The van der Waals surface area contributed by atoms with Crippen LogP contribution < -0.4 is 4.90 Å². The maximum Gasteiger partial charge on any atom is 0.217 e. The van der Waals surface area contributed by atoms with Crippen LogP contribution in [0.1, 0.15) is 90.9 Å². The Bertz CT molecular complexity index is 386. The largest absolute Gasteiger partial charge is 0.726 e. The van der Waals surface area contributed by atoms with Crippen LogP contribution in [0.25, 0.3) is 0 Å². The molecule has 0 heterocycles. The van der Waals surface area contributed by atoms with Crippen LogP contribution in [0.5, 0.6) is 0 Å². The number of nitrogens with one attached hydrogen (secondary N) is 1. The zero-order valence-corrected chi connectivity index (χ0v) is 19.0. The molecule has 172 valence electrons. The average Bonchev–Trinajstić information content (AvgIpc) is 2.62. The molecule has 0 aliphatic heterocycles. The van der Waals surface area contributed by atoms with Crippen LogP contribution in [-0.4, -0.2) is 62.6 Å². The Balaban J connectivity index is 0. The summed E-state index contributed by atoms with van der Waals surface area (Å²) in [6.07, 6.45) is 16.5. The molecule has 0 spiro atoms. The fourth-order valence-electron chi connectivity index (χ4n) is 3.05. The van der Waals surface area contributed by atoms with Crippen molar-refractivity contribution >= 4 is 10.4 Å². The van der Waals surface area contributed by atoms with Crippen molar-refractivity contribution < 1.29 is 32.3 Å². The van der Waals surface area contributed by atoms with E-state index in [9.17, 15) is 13.0 Å². The maximum absolute atomic E-state index is 9.45. The molecule has 8 heteroatoms. The third-order valence-corrected chi connectivity index (χ3v) is 5.10. The Labute approximate surface area is 173 Å². The van der Waals surface area contributed by atoms with Crippen molar-refractivity contribution in [3.63, 3.8) is 0 Å². The van der Waals surface area contributed by atoms with Gasteiger partial charge in [-0.05, 0) is 19.8 Å². The van der Waals surface area contributed by atoms with Crippen molar-refractivity contribution in [3.05, 3.63) is 0 Å². The molecule has 0 aromatic carbocycles. The highest BCUT2D eigenvalue weighted by molar-refractivity contribution is 7.80. The summed E-state index contributed by atoms with van der Waals surface area (Å²) in [5.74, 6) is 0. The van der Waals surface area contributed by atoms with Crippen molar-refractivity contribution in [3.8, 4) is 0 Å². The molecule has 3 N–H and O–H groups in total.